The maximum atomic E-state index is 13.6. The Kier molecular flexibility index (Phi) is 7.49. The summed E-state index contributed by atoms with van der Waals surface area (Å²) in [5.74, 6) is 2.99. The molecule has 0 N–H and O–H groups in total. The second-order valence-corrected chi connectivity index (χ2v) is 11.5. The topological polar surface area (TPSA) is 42.4 Å². The average molecular weight is 473 g/mol. The number of carbonyl (C=O) groups is 1. The van der Waals surface area contributed by atoms with Gasteiger partial charge in [0.25, 0.3) is 0 Å². The van der Waals surface area contributed by atoms with Crippen LogP contribution in [-0.2, 0) is 4.79 Å². The van der Waals surface area contributed by atoms with Crippen molar-refractivity contribution in [2.45, 2.75) is 72.6 Å². The fraction of sp³-hybridized carbons (Fsp3) is 0.484. The van der Waals surface area contributed by atoms with Gasteiger partial charge in [-0.2, -0.15) is 0 Å². The number of amides is 1. The number of methoxy groups -OCH3 is 1. The van der Waals surface area contributed by atoms with Gasteiger partial charge in [-0.1, -0.05) is 56.7 Å². The molecule has 0 unspecified atom stereocenters. The fourth-order valence-electron chi connectivity index (χ4n) is 5.44. The van der Waals surface area contributed by atoms with Gasteiger partial charge in [0.2, 0.25) is 5.91 Å². The Morgan fingerprint density at radius 2 is 1.77 bits per heavy atom. The Bertz CT molecular complexity index is 1190. The first-order valence-electron chi connectivity index (χ1n) is 12.9. The molecular weight excluding hydrogens is 432 g/mol. The van der Waals surface area contributed by atoms with Gasteiger partial charge in [-0.05, 0) is 85.4 Å². The van der Waals surface area contributed by atoms with Gasteiger partial charge >= 0.3 is 0 Å². The number of pyridine rings is 1. The molecule has 186 valence electrons. The number of aryl methyl sites for hydroxylation is 2. The number of aromatic nitrogens is 1. The number of fused-ring (bicyclic) bond motifs is 1. The number of ether oxygens (including phenoxy) is 1. The van der Waals surface area contributed by atoms with E-state index in [1.165, 1.54) is 16.7 Å². The van der Waals surface area contributed by atoms with Crippen LogP contribution in [-0.4, -0.2) is 24.5 Å². The summed E-state index contributed by atoms with van der Waals surface area (Å²) in [6.45, 7) is 11.3. The lowest BCUT2D eigenvalue weighted by molar-refractivity contribution is -0.120. The summed E-state index contributed by atoms with van der Waals surface area (Å²) in [6, 6.07) is 15.0. The number of hydrogen-bond acceptors (Lipinski definition) is 3. The predicted molar refractivity (Wildman–Crippen MR) is 145 cm³/mol. The van der Waals surface area contributed by atoms with Crippen LogP contribution in [0.15, 0.2) is 48.7 Å². The number of carbonyl (C=O) groups excluding carboxylic acids is 1. The molecule has 3 aromatic rings. The molecule has 4 nitrogen and oxygen atoms in total. The zero-order valence-electron chi connectivity index (χ0n) is 22.2. The van der Waals surface area contributed by atoms with E-state index < -0.39 is 0 Å². The minimum atomic E-state index is -0.0691. The lowest BCUT2D eigenvalue weighted by Gasteiger charge is -2.34. The van der Waals surface area contributed by atoms with Crippen LogP contribution in [0.4, 0.5) is 5.82 Å². The third-order valence-electron chi connectivity index (χ3n) is 7.31. The molecule has 1 saturated carbocycles. The molecule has 2 aromatic carbocycles. The van der Waals surface area contributed by atoms with E-state index in [4.69, 9.17) is 9.72 Å². The van der Waals surface area contributed by atoms with E-state index in [1.54, 1.807) is 7.11 Å². The molecule has 0 saturated heterocycles. The number of hydrogen-bond donors (Lipinski definition) is 0. The average Bonchev–Trinajstić information content (AvgIpc) is 2.81. The maximum absolute atomic E-state index is 13.6. The van der Waals surface area contributed by atoms with E-state index in [1.807, 2.05) is 17.2 Å². The molecule has 1 fully saturated rings. The quantitative estimate of drug-likeness (QED) is 0.371. The van der Waals surface area contributed by atoms with Crippen molar-refractivity contribution in [3.05, 3.63) is 65.4 Å². The molecule has 1 heterocycles. The second-order valence-electron chi connectivity index (χ2n) is 11.5. The van der Waals surface area contributed by atoms with Crippen LogP contribution in [0.5, 0.6) is 5.75 Å². The highest BCUT2D eigenvalue weighted by molar-refractivity contribution is 6.02. The summed E-state index contributed by atoms with van der Waals surface area (Å²) in [6.07, 6.45) is 6.91. The Morgan fingerprint density at radius 1 is 1.03 bits per heavy atom. The van der Waals surface area contributed by atoms with E-state index in [0.717, 1.165) is 54.6 Å². The summed E-state index contributed by atoms with van der Waals surface area (Å²) < 4.78 is 5.44. The number of anilines is 1. The maximum Gasteiger partial charge on any atom is 0.228 e. The second kappa shape index (κ2) is 10.4. The van der Waals surface area contributed by atoms with Crippen molar-refractivity contribution < 1.29 is 9.53 Å². The van der Waals surface area contributed by atoms with Gasteiger partial charge in [-0.3, -0.25) is 9.69 Å². The Labute approximate surface area is 210 Å². The summed E-state index contributed by atoms with van der Waals surface area (Å²) in [5.41, 5.74) is 3.76. The van der Waals surface area contributed by atoms with Crippen molar-refractivity contribution >= 4 is 22.5 Å². The molecule has 1 amide bonds. The minimum Gasteiger partial charge on any atom is -0.496 e. The van der Waals surface area contributed by atoms with Crippen LogP contribution in [0, 0.1) is 25.2 Å². The third kappa shape index (κ3) is 6.04. The highest BCUT2D eigenvalue weighted by Crippen LogP contribution is 2.38. The standard InChI is InChI=1S/C31H40N2O2/c1-21-7-13-27-26(17-21)15-16-32-30(27)33(29(34)19-31(3,4)5)20-23-8-10-24(11-9-23)25-12-14-28(35-6)22(2)18-25/h7,12-18,23-24H,8-11,19-20H2,1-6H3. The van der Waals surface area contributed by atoms with E-state index >= 15 is 0 Å². The van der Waals surface area contributed by atoms with Gasteiger partial charge in [0.05, 0.1) is 7.11 Å². The smallest absolute Gasteiger partial charge is 0.228 e. The van der Waals surface area contributed by atoms with Gasteiger partial charge in [-0.15, -0.1) is 0 Å². The summed E-state index contributed by atoms with van der Waals surface area (Å²) in [7, 11) is 1.73. The Morgan fingerprint density at radius 3 is 2.43 bits per heavy atom. The van der Waals surface area contributed by atoms with Crippen molar-refractivity contribution in [2.75, 3.05) is 18.6 Å². The van der Waals surface area contributed by atoms with Crippen molar-refractivity contribution in [1.82, 2.24) is 4.98 Å². The van der Waals surface area contributed by atoms with E-state index in [-0.39, 0.29) is 11.3 Å². The molecule has 0 atom stereocenters. The molecule has 0 aliphatic heterocycles. The van der Waals surface area contributed by atoms with Crippen LogP contribution in [0.2, 0.25) is 0 Å². The van der Waals surface area contributed by atoms with Gasteiger partial charge in [0.15, 0.2) is 0 Å². The van der Waals surface area contributed by atoms with Crippen molar-refractivity contribution in [2.24, 2.45) is 11.3 Å². The monoisotopic (exact) mass is 472 g/mol. The predicted octanol–water partition coefficient (Wildman–Crippen LogP) is 7.60. The first kappa shape index (κ1) is 25.2. The number of nitrogens with zero attached hydrogens (tertiary/aromatic N) is 2. The molecule has 35 heavy (non-hydrogen) atoms. The highest BCUT2D eigenvalue weighted by atomic mass is 16.5. The molecule has 0 spiro atoms. The summed E-state index contributed by atoms with van der Waals surface area (Å²) >= 11 is 0. The minimum absolute atomic E-state index is 0.0691. The van der Waals surface area contributed by atoms with E-state index in [0.29, 0.717) is 18.3 Å². The first-order chi connectivity index (χ1) is 16.6. The van der Waals surface area contributed by atoms with Gasteiger partial charge in [0, 0.05) is 24.5 Å². The lowest BCUT2D eigenvalue weighted by atomic mass is 9.78. The normalized spacial score (nSPS) is 18.5. The summed E-state index contributed by atoms with van der Waals surface area (Å²) in [5, 5.41) is 2.20. The van der Waals surface area contributed by atoms with Crippen LogP contribution in [0.3, 0.4) is 0 Å². The molecular formula is C31H40N2O2. The number of benzene rings is 2. The van der Waals surface area contributed by atoms with E-state index in [9.17, 15) is 4.79 Å². The molecule has 1 aliphatic rings. The van der Waals surface area contributed by atoms with Crippen LogP contribution < -0.4 is 9.64 Å². The lowest BCUT2D eigenvalue weighted by Crippen LogP contribution is -2.39. The largest absolute Gasteiger partial charge is 0.496 e. The first-order valence-corrected chi connectivity index (χ1v) is 12.9. The Balaban J connectivity index is 1.54. The molecule has 0 bridgehead atoms. The SMILES string of the molecule is COc1ccc(C2CCC(CN(C(=O)CC(C)(C)C)c3nccc4cc(C)ccc34)CC2)cc1C. The van der Waals surface area contributed by atoms with Crippen molar-refractivity contribution in [3.8, 4) is 5.75 Å². The molecule has 0 radical (unpaired) electrons. The van der Waals surface area contributed by atoms with Crippen molar-refractivity contribution in [1.29, 1.82) is 0 Å². The van der Waals surface area contributed by atoms with E-state index in [2.05, 4.69) is 71.0 Å². The Hall–Kier alpha value is -2.88. The van der Waals surface area contributed by atoms with Crippen molar-refractivity contribution in [3.63, 3.8) is 0 Å². The molecule has 1 aromatic heterocycles. The van der Waals surface area contributed by atoms with Gasteiger partial charge in [0.1, 0.15) is 11.6 Å². The van der Waals surface area contributed by atoms with Gasteiger partial charge < -0.3 is 4.74 Å². The summed E-state index contributed by atoms with van der Waals surface area (Å²) in [4.78, 5) is 20.3. The zero-order chi connectivity index (χ0) is 25.2. The highest BCUT2D eigenvalue weighted by Gasteiger charge is 2.29. The van der Waals surface area contributed by atoms with Crippen LogP contribution in [0.1, 0.15) is 75.5 Å². The molecule has 1 aliphatic carbocycles. The zero-order valence-corrected chi connectivity index (χ0v) is 22.2. The molecule has 4 heteroatoms. The number of rotatable bonds is 6. The molecule has 4 rings (SSSR count). The van der Waals surface area contributed by atoms with Crippen LogP contribution >= 0.6 is 0 Å². The van der Waals surface area contributed by atoms with Crippen LogP contribution in [0.25, 0.3) is 10.8 Å². The third-order valence-corrected chi connectivity index (χ3v) is 7.31. The fourth-order valence-corrected chi connectivity index (χ4v) is 5.44. The van der Waals surface area contributed by atoms with Gasteiger partial charge in [-0.25, -0.2) is 4.98 Å².